The van der Waals surface area contributed by atoms with E-state index in [2.05, 4.69) is 4.98 Å². The fourth-order valence-corrected chi connectivity index (χ4v) is 2.94. The number of carbonyl (C=O) groups is 1. The zero-order chi connectivity index (χ0) is 14.7. The largest absolute Gasteiger partial charge is 0.493 e. The lowest BCUT2D eigenvalue weighted by molar-refractivity contribution is 0.0690. The molecule has 6 heteroatoms. The Kier molecular flexibility index (Phi) is 4.24. The molecule has 0 unspecified atom stereocenters. The number of carboxylic acid groups (broad SMARTS) is 1. The van der Waals surface area contributed by atoms with Crippen molar-refractivity contribution >= 4 is 17.3 Å². The first-order valence-electron chi connectivity index (χ1n) is 6.06. The number of hydrogen-bond donors (Lipinski definition) is 1. The SMILES string of the molecule is CCc1sc(-c2cccc(OC)c2OC)nc1C(=O)O. The van der Waals surface area contributed by atoms with Crippen LogP contribution in [0.4, 0.5) is 0 Å². The number of ether oxygens (including phenoxy) is 2. The van der Waals surface area contributed by atoms with Crippen LogP contribution >= 0.6 is 11.3 Å². The number of aryl methyl sites for hydroxylation is 1. The number of aromatic carboxylic acids is 1. The molecule has 0 aliphatic rings. The van der Waals surface area contributed by atoms with Gasteiger partial charge in [-0.15, -0.1) is 11.3 Å². The van der Waals surface area contributed by atoms with E-state index in [9.17, 15) is 9.90 Å². The van der Waals surface area contributed by atoms with Gasteiger partial charge < -0.3 is 14.6 Å². The highest BCUT2D eigenvalue weighted by atomic mass is 32.1. The molecular weight excluding hydrogens is 278 g/mol. The van der Waals surface area contributed by atoms with Gasteiger partial charge in [-0.05, 0) is 18.6 Å². The minimum absolute atomic E-state index is 0.109. The van der Waals surface area contributed by atoms with E-state index >= 15 is 0 Å². The van der Waals surface area contributed by atoms with Crippen LogP contribution in [0.15, 0.2) is 18.2 Å². The lowest BCUT2D eigenvalue weighted by atomic mass is 10.2. The van der Waals surface area contributed by atoms with Crippen LogP contribution in [0.25, 0.3) is 10.6 Å². The number of para-hydroxylation sites is 1. The first-order chi connectivity index (χ1) is 9.62. The summed E-state index contributed by atoms with van der Waals surface area (Å²) in [4.78, 5) is 16.2. The van der Waals surface area contributed by atoms with Gasteiger partial charge in [-0.1, -0.05) is 13.0 Å². The Labute approximate surface area is 120 Å². The third kappa shape index (κ3) is 2.46. The summed E-state index contributed by atoms with van der Waals surface area (Å²) in [6.07, 6.45) is 0.631. The lowest BCUT2D eigenvalue weighted by Gasteiger charge is -2.10. The van der Waals surface area contributed by atoms with Crippen molar-refractivity contribution in [3.63, 3.8) is 0 Å². The molecule has 20 heavy (non-hydrogen) atoms. The molecule has 0 saturated carbocycles. The Balaban J connectivity index is 2.60. The van der Waals surface area contributed by atoms with E-state index in [-0.39, 0.29) is 5.69 Å². The highest BCUT2D eigenvalue weighted by Crippen LogP contribution is 2.40. The van der Waals surface area contributed by atoms with Crippen molar-refractivity contribution in [3.8, 4) is 22.1 Å². The van der Waals surface area contributed by atoms with E-state index in [1.165, 1.54) is 11.3 Å². The van der Waals surface area contributed by atoms with Gasteiger partial charge in [0.2, 0.25) is 0 Å². The van der Waals surface area contributed by atoms with E-state index in [1.54, 1.807) is 20.3 Å². The maximum atomic E-state index is 11.2. The van der Waals surface area contributed by atoms with Gasteiger partial charge in [0.05, 0.1) is 19.8 Å². The quantitative estimate of drug-likeness (QED) is 0.917. The molecule has 0 radical (unpaired) electrons. The van der Waals surface area contributed by atoms with Crippen molar-refractivity contribution in [2.75, 3.05) is 14.2 Å². The van der Waals surface area contributed by atoms with Gasteiger partial charge in [-0.25, -0.2) is 9.78 Å². The Morgan fingerprint density at radius 3 is 2.60 bits per heavy atom. The Hall–Kier alpha value is -2.08. The van der Waals surface area contributed by atoms with Gasteiger partial charge in [0.1, 0.15) is 5.01 Å². The topological polar surface area (TPSA) is 68.7 Å². The molecule has 2 rings (SSSR count). The average molecular weight is 293 g/mol. The first-order valence-corrected chi connectivity index (χ1v) is 6.88. The Bertz CT molecular complexity index is 636. The summed E-state index contributed by atoms with van der Waals surface area (Å²) < 4.78 is 10.6. The summed E-state index contributed by atoms with van der Waals surface area (Å²) in [5, 5.41) is 9.79. The molecule has 1 aromatic heterocycles. The van der Waals surface area contributed by atoms with Crippen LogP contribution in [0.2, 0.25) is 0 Å². The second kappa shape index (κ2) is 5.92. The fourth-order valence-electron chi connectivity index (χ4n) is 1.93. The second-order valence-electron chi connectivity index (χ2n) is 3.99. The standard InChI is InChI=1S/C14H15NO4S/c1-4-10-11(14(16)17)15-13(20-10)8-6-5-7-9(18-2)12(8)19-3/h5-7H,4H2,1-3H3,(H,16,17). The number of carboxylic acids is 1. The number of methoxy groups -OCH3 is 2. The average Bonchev–Trinajstić information content (AvgIpc) is 2.90. The maximum absolute atomic E-state index is 11.2. The monoisotopic (exact) mass is 293 g/mol. The minimum Gasteiger partial charge on any atom is -0.493 e. The van der Waals surface area contributed by atoms with Crippen LogP contribution in [-0.2, 0) is 6.42 Å². The maximum Gasteiger partial charge on any atom is 0.355 e. The molecule has 2 aromatic rings. The van der Waals surface area contributed by atoms with Gasteiger partial charge in [0.15, 0.2) is 17.2 Å². The zero-order valence-electron chi connectivity index (χ0n) is 11.5. The fraction of sp³-hybridized carbons (Fsp3) is 0.286. The molecule has 1 aromatic carbocycles. The normalized spacial score (nSPS) is 10.3. The molecule has 0 amide bonds. The van der Waals surface area contributed by atoms with E-state index < -0.39 is 5.97 Å². The van der Waals surface area contributed by atoms with Crippen molar-refractivity contribution in [1.29, 1.82) is 0 Å². The van der Waals surface area contributed by atoms with E-state index in [1.807, 2.05) is 19.1 Å². The molecule has 1 heterocycles. The number of hydrogen-bond acceptors (Lipinski definition) is 5. The van der Waals surface area contributed by atoms with E-state index in [0.29, 0.717) is 22.9 Å². The van der Waals surface area contributed by atoms with Crippen LogP contribution in [0.3, 0.4) is 0 Å². The smallest absolute Gasteiger partial charge is 0.355 e. The minimum atomic E-state index is -1.01. The van der Waals surface area contributed by atoms with E-state index in [4.69, 9.17) is 9.47 Å². The first kappa shape index (κ1) is 14.3. The highest BCUT2D eigenvalue weighted by molar-refractivity contribution is 7.15. The van der Waals surface area contributed by atoms with Gasteiger partial charge in [0.25, 0.3) is 0 Å². The third-order valence-electron chi connectivity index (χ3n) is 2.85. The predicted octanol–water partition coefficient (Wildman–Crippen LogP) is 3.09. The summed E-state index contributed by atoms with van der Waals surface area (Å²) in [6, 6.07) is 5.45. The molecule has 0 atom stereocenters. The molecule has 0 spiro atoms. The van der Waals surface area contributed by atoms with Crippen molar-refractivity contribution in [2.24, 2.45) is 0 Å². The molecule has 5 nitrogen and oxygen atoms in total. The number of aromatic nitrogens is 1. The highest BCUT2D eigenvalue weighted by Gasteiger charge is 2.20. The number of benzene rings is 1. The van der Waals surface area contributed by atoms with Crippen molar-refractivity contribution in [2.45, 2.75) is 13.3 Å². The van der Waals surface area contributed by atoms with Crippen LogP contribution in [-0.4, -0.2) is 30.3 Å². The summed E-state index contributed by atoms with van der Waals surface area (Å²) >= 11 is 1.36. The summed E-state index contributed by atoms with van der Waals surface area (Å²) in [5.74, 6) is 0.143. The van der Waals surface area contributed by atoms with Crippen LogP contribution in [0, 0.1) is 0 Å². The molecule has 0 bridgehead atoms. The van der Waals surface area contributed by atoms with Gasteiger partial charge in [0, 0.05) is 4.88 Å². The van der Waals surface area contributed by atoms with Crippen molar-refractivity contribution < 1.29 is 19.4 Å². The molecule has 0 aliphatic heterocycles. The zero-order valence-corrected chi connectivity index (χ0v) is 12.3. The Morgan fingerprint density at radius 1 is 1.35 bits per heavy atom. The Morgan fingerprint density at radius 2 is 2.10 bits per heavy atom. The lowest BCUT2D eigenvalue weighted by Crippen LogP contribution is -2.00. The number of thiazole rings is 1. The van der Waals surface area contributed by atoms with Crippen LogP contribution in [0.5, 0.6) is 11.5 Å². The molecule has 0 aliphatic carbocycles. The van der Waals surface area contributed by atoms with E-state index in [0.717, 1.165) is 10.4 Å². The summed E-state index contributed by atoms with van der Waals surface area (Å²) in [7, 11) is 3.11. The van der Waals surface area contributed by atoms with Gasteiger partial charge in [-0.3, -0.25) is 0 Å². The van der Waals surface area contributed by atoms with Crippen LogP contribution < -0.4 is 9.47 Å². The van der Waals surface area contributed by atoms with Crippen molar-refractivity contribution in [3.05, 3.63) is 28.8 Å². The number of rotatable bonds is 5. The van der Waals surface area contributed by atoms with Crippen LogP contribution in [0.1, 0.15) is 22.3 Å². The van der Waals surface area contributed by atoms with Gasteiger partial charge >= 0.3 is 5.97 Å². The summed E-state index contributed by atoms with van der Waals surface area (Å²) in [5.41, 5.74) is 0.844. The molecular formula is C14H15NO4S. The second-order valence-corrected chi connectivity index (χ2v) is 5.07. The third-order valence-corrected chi connectivity index (χ3v) is 4.09. The number of nitrogens with zero attached hydrogens (tertiary/aromatic N) is 1. The summed E-state index contributed by atoms with van der Waals surface area (Å²) in [6.45, 7) is 1.91. The molecule has 1 N–H and O–H groups in total. The van der Waals surface area contributed by atoms with Gasteiger partial charge in [-0.2, -0.15) is 0 Å². The van der Waals surface area contributed by atoms with Crippen molar-refractivity contribution in [1.82, 2.24) is 4.98 Å². The molecule has 0 fully saturated rings. The molecule has 0 saturated heterocycles. The molecule has 106 valence electrons. The predicted molar refractivity (Wildman–Crippen MR) is 77.0 cm³/mol.